The van der Waals surface area contributed by atoms with Crippen molar-refractivity contribution in [2.24, 2.45) is 0 Å². The SMILES string of the molecule is CCc1cccc(C(F)(F)F)c1S(=O)(=O)OC[P+](=O)O. The van der Waals surface area contributed by atoms with E-state index in [1.165, 1.54) is 13.0 Å². The second-order valence-electron chi connectivity index (χ2n) is 3.70. The van der Waals surface area contributed by atoms with E-state index in [0.717, 1.165) is 6.07 Å². The van der Waals surface area contributed by atoms with Gasteiger partial charge in [-0.05, 0) is 22.6 Å². The first-order chi connectivity index (χ1) is 9.09. The maximum absolute atomic E-state index is 12.9. The maximum atomic E-state index is 12.9. The van der Waals surface area contributed by atoms with Crippen molar-refractivity contribution in [2.45, 2.75) is 24.4 Å². The summed E-state index contributed by atoms with van der Waals surface area (Å²) in [6.45, 7) is 1.49. The predicted octanol–water partition coefficient (Wildman–Crippen LogP) is 2.67. The van der Waals surface area contributed by atoms with Crippen LogP contribution in [-0.4, -0.2) is 19.7 Å². The van der Waals surface area contributed by atoms with Gasteiger partial charge in [0.25, 0.3) is 6.35 Å². The highest BCUT2D eigenvalue weighted by molar-refractivity contribution is 7.87. The number of aryl methyl sites for hydroxylation is 1. The molecule has 112 valence electrons. The highest BCUT2D eigenvalue weighted by Crippen LogP contribution is 2.37. The van der Waals surface area contributed by atoms with Gasteiger partial charge >= 0.3 is 24.3 Å². The smallest absolute Gasteiger partial charge is 0.213 e. The molecule has 0 bridgehead atoms. The summed E-state index contributed by atoms with van der Waals surface area (Å²) in [6, 6.07) is 2.94. The lowest BCUT2D eigenvalue weighted by molar-refractivity contribution is -0.140. The number of halogens is 3. The average Bonchev–Trinajstić information content (AvgIpc) is 2.34. The van der Waals surface area contributed by atoms with Gasteiger partial charge in [-0.2, -0.15) is 26.5 Å². The van der Waals surface area contributed by atoms with Gasteiger partial charge in [0.1, 0.15) is 4.90 Å². The van der Waals surface area contributed by atoms with Crippen LogP contribution >= 0.6 is 8.03 Å². The number of hydrogen-bond donors (Lipinski definition) is 1. The Morgan fingerprint density at radius 1 is 1.35 bits per heavy atom. The molecule has 0 aromatic heterocycles. The quantitative estimate of drug-likeness (QED) is 0.663. The minimum absolute atomic E-state index is 0.0348. The Balaban J connectivity index is 3.45. The summed E-state index contributed by atoms with van der Waals surface area (Å²) >= 11 is 0. The Hall–Kier alpha value is -1.02. The van der Waals surface area contributed by atoms with Crippen molar-refractivity contribution in [1.29, 1.82) is 0 Å². The molecule has 20 heavy (non-hydrogen) atoms. The molecular formula is C10H11F3O5PS+. The highest BCUT2D eigenvalue weighted by Gasteiger charge is 2.39. The molecule has 0 spiro atoms. The molecule has 0 fully saturated rings. The Morgan fingerprint density at radius 2 is 1.95 bits per heavy atom. The summed E-state index contributed by atoms with van der Waals surface area (Å²) in [4.78, 5) is 7.51. The van der Waals surface area contributed by atoms with E-state index in [1.54, 1.807) is 0 Å². The lowest BCUT2D eigenvalue weighted by atomic mass is 10.1. The van der Waals surface area contributed by atoms with E-state index < -0.39 is 41.1 Å². The molecule has 0 saturated carbocycles. The van der Waals surface area contributed by atoms with Crippen LogP contribution < -0.4 is 0 Å². The van der Waals surface area contributed by atoms with Crippen LogP contribution in [0.4, 0.5) is 13.2 Å². The fourth-order valence-corrected chi connectivity index (χ4v) is 3.58. The third-order valence-corrected chi connectivity index (χ3v) is 4.29. The summed E-state index contributed by atoms with van der Waals surface area (Å²) in [7, 11) is -7.72. The van der Waals surface area contributed by atoms with Crippen molar-refractivity contribution in [1.82, 2.24) is 0 Å². The molecule has 0 amide bonds. The van der Waals surface area contributed by atoms with Crippen molar-refractivity contribution >= 4 is 18.1 Å². The molecule has 10 heteroatoms. The number of alkyl halides is 3. The van der Waals surface area contributed by atoms with Crippen molar-refractivity contribution < 1.29 is 35.2 Å². The molecule has 0 saturated heterocycles. The standard InChI is InChI=1S/C10H10F3O5PS/c1-2-7-4-3-5-8(10(11,12)13)9(7)20(16,17)18-6-19(14)15/h3-5H,2,6H2,1H3/p+1. The maximum Gasteiger partial charge on any atom is 0.535 e. The second-order valence-corrected chi connectivity index (χ2v) is 6.21. The Labute approximate surface area is 114 Å². The lowest BCUT2D eigenvalue weighted by Crippen LogP contribution is -2.17. The van der Waals surface area contributed by atoms with Crippen LogP contribution in [0.2, 0.25) is 0 Å². The zero-order valence-electron chi connectivity index (χ0n) is 10.2. The fraction of sp³-hybridized carbons (Fsp3) is 0.400. The van der Waals surface area contributed by atoms with E-state index in [-0.39, 0.29) is 12.0 Å². The second kappa shape index (κ2) is 6.17. The van der Waals surface area contributed by atoms with Gasteiger partial charge in [0, 0.05) is 0 Å². The largest absolute Gasteiger partial charge is 0.535 e. The van der Waals surface area contributed by atoms with Crippen molar-refractivity contribution in [3.63, 3.8) is 0 Å². The molecule has 0 heterocycles. The van der Waals surface area contributed by atoms with Crippen LogP contribution in [0.15, 0.2) is 23.1 Å². The fourth-order valence-electron chi connectivity index (χ4n) is 1.56. The molecule has 1 rings (SSSR count). The van der Waals surface area contributed by atoms with Crippen molar-refractivity contribution in [3.05, 3.63) is 29.3 Å². The number of rotatable bonds is 5. The van der Waals surface area contributed by atoms with E-state index in [2.05, 4.69) is 4.18 Å². The van der Waals surface area contributed by atoms with Crippen LogP contribution in [-0.2, 0) is 31.5 Å². The van der Waals surface area contributed by atoms with Crippen LogP contribution in [0.1, 0.15) is 18.1 Å². The Kier molecular flexibility index (Phi) is 5.26. The molecular weight excluding hydrogens is 320 g/mol. The van der Waals surface area contributed by atoms with Gasteiger partial charge < -0.3 is 0 Å². The summed E-state index contributed by atoms with van der Waals surface area (Å²) in [6.07, 6.45) is -5.93. The highest BCUT2D eigenvalue weighted by atomic mass is 32.2. The molecule has 1 aromatic rings. The monoisotopic (exact) mass is 331 g/mol. The van der Waals surface area contributed by atoms with E-state index in [1.807, 2.05) is 0 Å². The summed E-state index contributed by atoms with van der Waals surface area (Å²) in [5.41, 5.74) is -1.43. The summed E-state index contributed by atoms with van der Waals surface area (Å²) in [5.74, 6) is 0. The third-order valence-electron chi connectivity index (χ3n) is 2.35. The van der Waals surface area contributed by atoms with Crippen molar-refractivity contribution in [2.75, 3.05) is 6.35 Å². The number of benzene rings is 1. The van der Waals surface area contributed by atoms with Crippen LogP contribution in [0, 0.1) is 0 Å². The molecule has 0 aliphatic rings. The molecule has 0 aliphatic carbocycles. The number of hydrogen-bond acceptors (Lipinski definition) is 4. The van der Waals surface area contributed by atoms with Crippen LogP contribution in [0.5, 0.6) is 0 Å². The lowest BCUT2D eigenvalue weighted by Gasteiger charge is -2.15. The predicted molar refractivity (Wildman–Crippen MR) is 63.8 cm³/mol. The topological polar surface area (TPSA) is 80.7 Å². The van der Waals surface area contributed by atoms with Gasteiger partial charge in [-0.1, -0.05) is 19.1 Å². The third kappa shape index (κ3) is 3.99. The van der Waals surface area contributed by atoms with Crippen molar-refractivity contribution in [3.8, 4) is 0 Å². The van der Waals surface area contributed by atoms with Gasteiger partial charge in [0.05, 0.1) is 5.56 Å². The van der Waals surface area contributed by atoms with E-state index in [0.29, 0.717) is 6.07 Å². The van der Waals surface area contributed by atoms with Crippen LogP contribution in [0.25, 0.3) is 0 Å². The molecule has 1 N–H and O–H groups in total. The van der Waals surface area contributed by atoms with E-state index in [4.69, 9.17) is 4.89 Å². The van der Waals surface area contributed by atoms with Crippen LogP contribution in [0.3, 0.4) is 0 Å². The van der Waals surface area contributed by atoms with E-state index >= 15 is 0 Å². The van der Waals surface area contributed by atoms with Gasteiger partial charge in [0.2, 0.25) is 0 Å². The molecule has 1 aromatic carbocycles. The van der Waals surface area contributed by atoms with Gasteiger partial charge in [-0.15, -0.1) is 0 Å². The van der Waals surface area contributed by atoms with E-state index in [9.17, 15) is 26.2 Å². The molecule has 0 aliphatic heterocycles. The zero-order chi connectivity index (χ0) is 15.6. The van der Waals surface area contributed by atoms with Gasteiger partial charge in [-0.25, -0.2) is 4.18 Å². The molecule has 5 nitrogen and oxygen atoms in total. The minimum atomic E-state index is -4.88. The minimum Gasteiger partial charge on any atom is -0.213 e. The summed E-state index contributed by atoms with van der Waals surface area (Å²) in [5, 5.41) is 0. The molecule has 1 atom stereocenters. The first-order valence-corrected chi connectivity index (χ1v) is 8.12. The average molecular weight is 331 g/mol. The molecule has 0 radical (unpaired) electrons. The zero-order valence-corrected chi connectivity index (χ0v) is 11.9. The Bertz CT molecular complexity index is 612. The van der Waals surface area contributed by atoms with Gasteiger partial charge in [0.15, 0.2) is 0 Å². The first kappa shape index (κ1) is 17.0. The van der Waals surface area contributed by atoms with Gasteiger partial charge in [-0.3, -0.25) is 0 Å². The Morgan fingerprint density at radius 3 is 2.40 bits per heavy atom. The normalized spacial score (nSPS) is 13.3. The molecule has 1 unspecified atom stereocenters. The first-order valence-electron chi connectivity index (χ1n) is 5.31. The summed E-state index contributed by atoms with van der Waals surface area (Å²) < 4.78 is 76.9.